The predicted octanol–water partition coefficient (Wildman–Crippen LogP) is 4.31. The number of carbonyl (C=O) groups is 3. The van der Waals surface area contributed by atoms with E-state index in [1.807, 2.05) is 24.3 Å². The number of nitrogens with one attached hydrogen (secondary N) is 1. The number of imide groups is 1. The number of likely N-dealkylation sites (tertiary alicyclic amines) is 1. The molecule has 0 aromatic heterocycles. The summed E-state index contributed by atoms with van der Waals surface area (Å²) in [6.45, 7) is 5.25. The minimum absolute atomic E-state index is 0.0123. The van der Waals surface area contributed by atoms with Crippen LogP contribution in [0.4, 0.5) is 0 Å². The zero-order valence-corrected chi connectivity index (χ0v) is 20.1. The second kappa shape index (κ2) is 10.0. The maximum atomic E-state index is 13.0. The SMILES string of the molecule is Cc1ccccc1CN1CCC(NC(=O)CCCN2C(=O)c3cccc4cccc(c34)C2=O)CC1. The lowest BCUT2D eigenvalue weighted by atomic mass is 9.94. The van der Waals surface area contributed by atoms with Crippen molar-refractivity contribution in [1.82, 2.24) is 15.1 Å². The van der Waals surface area contributed by atoms with E-state index in [1.165, 1.54) is 16.0 Å². The van der Waals surface area contributed by atoms with Gasteiger partial charge in [0, 0.05) is 55.2 Å². The zero-order valence-electron chi connectivity index (χ0n) is 20.1. The van der Waals surface area contributed by atoms with Crippen molar-refractivity contribution in [3.63, 3.8) is 0 Å². The summed E-state index contributed by atoms with van der Waals surface area (Å²) in [7, 11) is 0. The quantitative estimate of drug-likeness (QED) is 0.524. The van der Waals surface area contributed by atoms with Crippen LogP contribution < -0.4 is 5.32 Å². The van der Waals surface area contributed by atoms with Crippen molar-refractivity contribution in [2.75, 3.05) is 19.6 Å². The van der Waals surface area contributed by atoms with Gasteiger partial charge in [-0.25, -0.2) is 0 Å². The first-order valence-electron chi connectivity index (χ1n) is 12.5. The largest absolute Gasteiger partial charge is 0.353 e. The summed E-state index contributed by atoms with van der Waals surface area (Å²) >= 11 is 0. The van der Waals surface area contributed by atoms with Crippen LogP contribution in [-0.2, 0) is 11.3 Å². The molecule has 0 unspecified atom stereocenters. The standard InChI is InChI=1S/C29H31N3O3/c1-20-7-2-3-8-22(20)19-31-17-14-23(15-18-31)30-26(33)13-6-16-32-28(34)24-11-4-9-21-10-5-12-25(27(21)24)29(32)35/h2-5,7-12,23H,6,13-19H2,1H3,(H,30,33). The number of rotatable bonds is 7. The van der Waals surface area contributed by atoms with Gasteiger partial charge in [-0.2, -0.15) is 0 Å². The molecule has 180 valence electrons. The number of aryl methyl sites for hydroxylation is 1. The van der Waals surface area contributed by atoms with Crippen LogP contribution in [0.5, 0.6) is 0 Å². The summed E-state index contributed by atoms with van der Waals surface area (Å²) < 4.78 is 0. The molecule has 0 spiro atoms. The summed E-state index contributed by atoms with van der Waals surface area (Å²) in [5.41, 5.74) is 3.78. The van der Waals surface area contributed by atoms with Crippen molar-refractivity contribution < 1.29 is 14.4 Å². The molecule has 2 heterocycles. The molecule has 0 saturated carbocycles. The Morgan fingerprint density at radius 1 is 0.914 bits per heavy atom. The molecule has 2 aliphatic heterocycles. The molecular weight excluding hydrogens is 438 g/mol. The smallest absolute Gasteiger partial charge is 0.261 e. The molecule has 5 rings (SSSR count). The Hall–Kier alpha value is -3.51. The van der Waals surface area contributed by atoms with Gasteiger partial charge in [-0.3, -0.25) is 24.2 Å². The molecule has 0 bridgehead atoms. The minimum Gasteiger partial charge on any atom is -0.353 e. The average Bonchev–Trinajstić information content (AvgIpc) is 2.87. The van der Waals surface area contributed by atoms with Gasteiger partial charge in [-0.1, -0.05) is 48.5 Å². The van der Waals surface area contributed by atoms with Crippen LogP contribution in [0, 0.1) is 6.92 Å². The second-order valence-corrected chi connectivity index (χ2v) is 9.62. The van der Waals surface area contributed by atoms with Crippen molar-refractivity contribution in [2.45, 2.75) is 45.2 Å². The average molecular weight is 470 g/mol. The summed E-state index contributed by atoms with van der Waals surface area (Å²) in [5, 5.41) is 4.78. The van der Waals surface area contributed by atoms with Crippen molar-refractivity contribution in [1.29, 1.82) is 0 Å². The second-order valence-electron chi connectivity index (χ2n) is 9.62. The Morgan fingerprint density at radius 2 is 1.57 bits per heavy atom. The number of hydrogen-bond donors (Lipinski definition) is 1. The molecule has 2 aliphatic rings. The third-order valence-corrected chi connectivity index (χ3v) is 7.25. The third-order valence-electron chi connectivity index (χ3n) is 7.25. The fraction of sp³-hybridized carbons (Fsp3) is 0.345. The van der Waals surface area contributed by atoms with Crippen molar-refractivity contribution in [3.8, 4) is 0 Å². The fourth-order valence-corrected chi connectivity index (χ4v) is 5.24. The first-order valence-corrected chi connectivity index (χ1v) is 12.5. The Morgan fingerprint density at radius 3 is 2.23 bits per heavy atom. The number of carbonyl (C=O) groups excluding carboxylic acids is 3. The lowest BCUT2D eigenvalue weighted by molar-refractivity contribution is -0.122. The molecule has 3 aromatic rings. The normalized spacial score (nSPS) is 16.7. The summed E-state index contributed by atoms with van der Waals surface area (Å²) in [6.07, 6.45) is 2.61. The topological polar surface area (TPSA) is 69.7 Å². The van der Waals surface area contributed by atoms with Gasteiger partial charge in [0.2, 0.25) is 5.91 Å². The maximum Gasteiger partial charge on any atom is 0.261 e. The minimum atomic E-state index is -0.277. The molecule has 0 aliphatic carbocycles. The summed E-state index contributed by atoms with van der Waals surface area (Å²) in [6, 6.07) is 19.7. The summed E-state index contributed by atoms with van der Waals surface area (Å²) in [4.78, 5) is 42.3. The number of piperidine rings is 1. The van der Waals surface area contributed by atoms with Crippen LogP contribution in [-0.4, -0.2) is 53.2 Å². The molecule has 3 amide bonds. The fourth-order valence-electron chi connectivity index (χ4n) is 5.24. The number of benzene rings is 3. The van der Waals surface area contributed by atoms with E-state index in [1.54, 1.807) is 12.1 Å². The Kier molecular flexibility index (Phi) is 6.64. The molecule has 1 fully saturated rings. The molecule has 35 heavy (non-hydrogen) atoms. The van der Waals surface area contributed by atoms with Gasteiger partial charge >= 0.3 is 0 Å². The Labute approximate surface area is 205 Å². The van der Waals surface area contributed by atoms with Crippen LogP contribution in [0.3, 0.4) is 0 Å². The summed E-state index contributed by atoms with van der Waals surface area (Å²) in [5.74, 6) is -0.566. The lowest BCUT2D eigenvalue weighted by Gasteiger charge is -2.32. The molecule has 1 N–H and O–H groups in total. The number of nitrogens with zero attached hydrogens (tertiary/aromatic N) is 2. The van der Waals surface area contributed by atoms with E-state index >= 15 is 0 Å². The molecule has 1 saturated heterocycles. The maximum absolute atomic E-state index is 13.0. The first-order chi connectivity index (χ1) is 17.0. The van der Waals surface area contributed by atoms with Crippen molar-refractivity contribution >= 4 is 28.5 Å². The van der Waals surface area contributed by atoms with Gasteiger partial charge in [0.05, 0.1) is 0 Å². The molecular formula is C29H31N3O3. The van der Waals surface area contributed by atoms with E-state index in [2.05, 4.69) is 41.4 Å². The molecule has 0 radical (unpaired) electrons. The van der Waals surface area contributed by atoms with E-state index in [0.29, 0.717) is 24.0 Å². The van der Waals surface area contributed by atoms with Crippen molar-refractivity contribution in [2.24, 2.45) is 0 Å². The Balaban J connectivity index is 1.09. The molecule has 3 aromatic carbocycles. The zero-order chi connectivity index (χ0) is 24.4. The predicted molar refractivity (Wildman–Crippen MR) is 136 cm³/mol. The van der Waals surface area contributed by atoms with Gasteiger partial charge in [0.15, 0.2) is 0 Å². The first kappa shape index (κ1) is 23.2. The lowest BCUT2D eigenvalue weighted by Crippen LogP contribution is -2.44. The number of amides is 3. The van der Waals surface area contributed by atoms with Crippen LogP contribution in [0.15, 0.2) is 60.7 Å². The highest BCUT2D eigenvalue weighted by Crippen LogP contribution is 2.30. The third kappa shape index (κ3) is 4.84. The van der Waals surface area contributed by atoms with Gasteiger partial charge < -0.3 is 5.32 Å². The van der Waals surface area contributed by atoms with Crippen LogP contribution in [0.2, 0.25) is 0 Å². The van der Waals surface area contributed by atoms with Crippen LogP contribution in [0.25, 0.3) is 10.8 Å². The molecule has 6 nitrogen and oxygen atoms in total. The monoisotopic (exact) mass is 469 g/mol. The molecule has 0 atom stereocenters. The van der Waals surface area contributed by atoms with Gasteiger partial charge in [0.1, 0.15) is 0 Å². The molecule has 6 heteroatoms. The van der Waals surface area contributed by atoms with Crippen LogP contribution in [0.1, 0.15) is 57.5 Å². The van der Waals surface area contributed by atoms with Gasteiger partial charge in [-0.05, 0) is 54.8 Å². The van der Waals surface area contributed by atoms with E-state index in [4.69, 9.17) is 0 Å². The van der Waals surface area contributed by atoms with Crippen molar-refractivity contribution in [3.05, 3.63) is 82.9 Å². The Bertz CT molecular complexity index is 1230. The van der Waals surface area contributed by atoms with E-state index in [0.717, 1.165) is 43.2 Å². The number of hydrogen-bond acceptors (Lipinski definition) is 4. The highest BCUT2D eigenvalue weighted by Gasteiger charge is 2.32. The van der Waals surface area contributed by atoms with E-state index in [-0.39, 0.29) is 30.3 Å². The van der Waals surface area contributed by atoms with E-state index in [9.17, 15) is 14.4 Å². The van der Waals surface area contributed by atoms with Crippen LogP contribution >= 0.6 is 0 Å². The van der Waals surface area contributed by atoms with Gasteiger partial charge in [0.25, 0.3) is 11.8 Å². The van der Waals surface area contributed by atoms with Gasteiger partial charge in [-0.15, -0.1) is 0 Å². The highest BCUT2D eigenvalue weighted by atomic mass is 16.2. The highest BCUT2D eigenvalue weighted by molar-refractivity contribution is 6.25. The van der Waals surface area contributed by atoms with E-state index < -0.39 is 0 Å².